The van der Waals surface area contributed by atoms with Crippen LogP contribution < -0.4 is 5.73 Å². The van der Waals surface area contributed by atoms with E-state index in [0.717, 1.165) is 5.56 Å². The largest absolute Gasteiger partial charge is 0.396 e. The molecule has 0 bridgehead atoms. The quantitative estimate of drug-likeness (QED) is 0.762. The van der Waals surface area contributed by atoms with E-state index in [4.69, 9.17) is 5.73 Å². The van der Waals surface area contributed by atoms with Crippen LogP contribution in [0.4, 0.5) is 10.2 Å². The highest BCUT2D eigenvalue weighted by Crippen LogP contribution is 2.34. The summed E-state index contributed by atoms with van der Waals surface area (Å²) >= 11 is 0. The highest BCUT2D eigenvalue weighted by atomic mass is 19.1. The Morgan fingerprint density at radius 2 is 2.04 bits per heavy atom. The van der Waals surface area contributed by atoms with Gasteiger partial charge in [0.05, 0.1) is 12.7 Å². The summed E-state index contributed by atoms with van der Waals surface area (Å²) in [6, 6.07) is 10.8. The summed E-state index contributed by atoms with van der Waals surface area (Å²) in [6.45, 7) is 0.249. The molecule has 2 aromatic rings. The Balaban J connectivity index is 1.83. The third kappa shape index (κ3) is 3.68. The summed E-state index contributed by atoms with van der Waals surface area (Å²) in [5.41, 5.74) is 5.76. The topological polar surface area (TPSA) is 99.7 Å². The summed E-state index contributed by atoms with van der Waals surface area (Å²) in [5, 5.41) is 20.6. The number of carbonyl (C=O) groups excluding carboxylic acids is 1. The molecule has 2 atom stereocenters. The van der Waals surface area contributed by atoms with Gasteiger partial charge in [0, 0.05) is 18.5 Å². The minimum Gasteiger partial charge on any atom is -0.396 e. The van der Waals surface area contributed by atoms with Gasteiger partial charge in [-0.1, -0.05) is 18.2 Å². The molecule has 1 aliphatic rings. The van der Waals surface area contributed by atoms with Crippen LogP contribution in [-0.2, 0) is 6.42 Å². The van der Waals surface area contributed by atoms with E-state index in [-0.39, 0.29) is 36.4 Å². The number of pyridine rings is 1. The molecule has 1 aromatic heterocycles. The van der Waals surface area contributed by atoms with Crippen LogP contribution in [0.1, 0.15) is 22.5 Å². The van der Waals surface area contributed by atoms with Crippen molar-refractivity contribution in [2.24, 2.45) is 5.41 Å². The number of rotatable bonds is 4. The summed E-state index contributed by atoms with van der Waals surface area (Å²) < 4.78 is 13.1. The smallest absolute Gasteiger partial charge is 0.272 e. The lowest BCUT2D eigenvalue weighted by atomic mass is 9.73. The Hall–Kier alpha value is -2.51. The third-order valence-corrected chi connectivity index (χ3v) is 4.95. The predicted octanol–water partition coefficient (Wildman–Crippen LogP) is 1.23. The van der Waals surface area contributed by atoms with Crippen molar-refractivity contribution < 1.29 is 19.4 Å². The molecule has 1 aromatic carbocycles. The number of benzene rings is 1. The van der Waals surface area contributed by atoms with Crippen molar-refractivity contribution in [2.45, 2.75) is 18.9 Å². The Bertz CT molecular complexity index is 784. The Morgan fingerprint density at radius 3 is 2.69 bits per heavy atom. The lowest BCUT2D eigenvalue weighted by Gasteiger charge is -2.45. The number of aromatic nitrogens is 1. The Kier molecular flexibility index (Phi) is 5.20. The van der Waals surface area contributed by atoms with E-state index < -0.39 is 11.5 Å². The number of likely N-dealkylation sites (tertiary alicyclic amines) is 1. The van der Waals surface area contributed by atoms with Crippen molar-refractivity contribution in [1.82, 2.24) is 9.88 Å². The molecule has 4 N–H and O–H groups in total. The number of anilines is 1. The van der Waals surface area contributed by atoms with Crippen LogP contribution in [-0.4, -0.2) is 51.8 Å². The first-order valence-corrected chi connectivity index (χ1v) is 8.49. The van der Waals surface area contributed by atoms with Crippen molar-refractivity contribution in [3.63, 3.8) is 0 Å². The zero-order chi connectivity index (χ0) is 18.7. The van der Waals surface area contributed by atoms with E-state index in [1.807, 2.05) is 0 Å². The average molecular weight is 359 g/mol. The molecule has 0 unspecified atom stereocenters. The number of nitrogens with two attached hydrogens (primary N) is 1. The molecule has 2 heterocycles. The second-order valence-electron chi connectivity index (χ2n) is 6.80. The Morgan fingerprint density at radius 1 is 1.31 bits per heavy atom. The zero-order valence-electron chi connectivity index (χ0n) is 14.3. The maximum Gasteiger partial charge on any atom is 0.272 e. The molecule has 7 heteroatoms. The fourth-order valence-corrected chi connectivity index (χ4v) is 3.45. The zero-order valence-corrected chi connectivity index (χ0v) is 14.3. The standard InChI is InChI=1S/C19H22FN3O3/c20-14-6-4-13(5-7-14)10-19(12-24)11-23(9-8-16(19)25)18(26)15-2-1-3-17(21)22-15/h1-7,16,24-25H,8-12H2,(H2,21,22)/t16-,19-/m0/s1. The molecule has 1 amide bonds. The van der Waals surface area contributed by atoms with Crippen LogP contribution in [0.5, 0.6) is 0 Å². The van der Waals surface area contributed by atoms with E-state index >= 15 is 0 Å². The van der Waals surface area contributed by atoms with Gasteiger partial charge in [-0.3, -0.25) is 4.79 Å². The molecule has 26 heavy (non-hydrogen) atoms. The van der Waals surface area contributed by atoms with E-state index in [0.29, 0.717) is 19.4 Å². The number of hydrogen-bond donors (Lipinski definition) is 3. The fourth-order valence-electron chi connectivity index (χ4n) is 3.45. The van der Waals surface area contributed by atoms with Gasteiger partial charge >= 0.3 is 0 Å². The molecular weight excluding hydrogens is 337 g/mol. The normalized spacial score (nSPS) is 23.0. The minimum atomic E-state index is -0.911. The lowest BCUT2D eigenvalue weighted by Crippen LogP contribution is -2.56. The van der Waals surface area contributed by atoms with Gasteiger partial charge in [-0.2, -0.15) is 0 Å². The molecule has 0 radical (unpaired) electrons. The van der Waals surface area contributed by atoms with Crippen LogP contribution in [0.3, 0.4) is 0 Å². The van der Waals surface area contributed by atoms with E-state index in [9.17, 15) is 19.4 Å². The predicted molar refractivity (Wildman–Crippen MR) is 94.8 cm³/mol. The van der Waals surface area contributed by atoms with Crippen LogP contribution in [0.2, 0.25) is 0 Å². The first-order valence-electron chi connectivity index (χ1n) is 8.49. The van der Waals surface area contributed by atoms with Gasteiger partial charge < -0.3 is 20.8 Å². The van der Waals surface area contributed by atoms with E-state index in [2.05, 4.69) is 4.98 Å². The molecule has 138 valence electrons. The molecule has 0 spiro atoms. The summed E-state index contributed by atoms with van der Waals surface area (Å²) in [4.78, 5) is 18.4. The summed E-state index contributed by atoms with van der Waals surface area (Å²) in [7, 11) is 0. The van der Waals surface area contributed by atoms with Gasteiger partial charge in [0.1, 0.15) is 17.3 Å². The monoisotopic (exact) mass is 359 g/mol. The van der Waals surface area contributed by atoms with Crippen LogP contribution in [0, 0.1) is 11.2 Å². The number of piperidine rings is 1. The third-order valence-electron chi connectivity index (χ3n) is 4.95. The minimum absolute atomic E-state index is 0.178. The van der Waals surface area contributed by atoms with E-state index in [1.165, 1.54) is 12.1 Å². The van der Waals surface area contributed by atoms with Crippen molar-refractivity contribution in [3.8, 4) is 0 Å². The molecule has 1 fully saturated rings. The molecular formula is C19H22FN3O3. The first-order chi connectivity index (χ1) is 12.4. The first kappa shape index (κ1) is 18.3. The van der Waals surface area contributed by atoms with Gasteiger partial charge in [-0.25, -0.2) is 9.37 Å². The van der Waals surface area contributed by atoms with Crippen molar-refractivity contribution in [1.29, 1.82) is 0 Å². The number of nitrogens with zero attached hydrogens (tertiary/aromatic N) is 2. The number of carbonyl (C=O) groups is 1. The number of halogens is 1. The summed E-state index contributed by atoms with van der Waals surface area (Å²) in [5.74, 6) is -0.380. The molecule has 3 rings (SSSR count). The highest BCUT2D eigenvalue weighted by Gasteiger charge is 2.44. The summed E-state index contributed by atoms with van der Waals surface area (Å²) in [6.07, 6.45) is -0.0927. The van der Waals surface area contributed by atoms with Crippen LogP contribution in [0.15, 0.2) is 42.5 Å². The second kappa shape index (κ2) is 7.39. The number of hydrogen-bond acceptors (Lipinski definition) is 5. The van der Waals surface area contributed by atoms with Crippen molar-refractivity contribution >= 4 is 11.7 Å². The lowest BCUT2D eigenvalue weighted by molar-refractivity contribution is -0.0669. The highest BCUT2D eigenvalue weighted by molar-refractivity contribution is 5.92. The van der Waals surface area contributed by atoms with Crippen LogP contribution >= 0.6 is 0 Å². The van der Waals surface area contributed by atoms with Crippen molar-refractivity contribution in [2.75, 3.05) is 25.4 Å². The molecule has 0 saturated carbocycles. The van der Waals surface area contributed by atoms with Gasteiger partial charge in [0.25, 0.3) is 5.91 Å². The number of nitrogen functional groups attached to an aromatic ring is 1. The van der Waals surface area contributed by atoms with Gasteiger partial charge in [0.15, 0.2) is 0 Å². The molecule has 6 nitrogen and oxygen atoms in total. The molecule has 1 aliphatic heterocycles. The van der Waals surface area contributed by atoms with Crippen LogP contribution in [0.25, 0.3) is 0 Å². The van der Waals surface area contributed by atoms with Gasteiger partial charge in [-0.15, -0.1) is 0 Å². The maximum atomic E-state index is 13.1. The van der Waals surface area contributed by atoms with Gasteiger partial charge in [-0.05, 0) is 42.7 Å². The second-order valence-corrected chi connectivity index (χ2v) is 6.80. The number of aliphatic hydroxyl groups excluding tert-OH is 2. The number of amides is 1. The average Bonchev–Trinajstić information content (AvgIpc) is 2.65. The fraction of sp³-hybridized carbons (Fsp3) is 0.368. The number of aliphatic hydroxyl groups is 2. The molecule has 1 saturated heterocycles. The van der Waals surface area contributed by atoms with Gasteiger partial charge in [0.2, 0.25) is 0 Å². The SMILES string of the molecule is Nc1cccc(C(=O)N2CC[C@H](O)[C@@](CO)(Cc3ccc(F)cc3)C2)n1. The maximum absolute atomic E-state index is 13.1. The molecule has 0 aliphatic carbocycles. The van der Waals surface area contributed by atoms with Crippen molar-refractivity contribution in [3.05, 3.63) is 59.5 Å². The van der Waals surface area contributed by atoms with E-state index in [1.54, 1.807) is 35.2 Å². The Labute approximate surface area is 151 Å².